The molecule has 21 heavy (non-hydrogen) atoms. The molecule has 0 fully saturated rings. The number of anilines is 1. The van der Waals surface area contributed by atoms with Gasteiger partial charge in [0, 0.05) is 10.0 Å². The molecule has 0 spiro atoms. The standard InChI is InChI=1S/C14H13BrN2O2S2/c1-9-4-2-7-12(13(9)15)17-21(18,19)11-6-3-5-10(8-11)14(16)20/h2-8,17H,1H3,(H2,16,20). The number of hydrogen-bond acceptors (Lipinski definition) is 3. The molecule has 2 rings (SSSR count). The van der Waals surface area contributed by atoms with Crippen LogP contribution in [0.1, 0.15) is 11.1 Å². The van der Waals surface area contributed by atoms with E-state index in [1.807, 2.05) is 13.0 Å². The third kappa shape index (κ3) is 3.61. The third-order valence-electron chi connectivity index (χ3n) is 2.86. The number of hydrogen-bond donors (Lipinski definition) is 2. The fourth-order valence-electron chi connectivity index (χ4n) is 1.75. The molecule has 7 heteroatoms. The lowest BCUT2D eigenvalue weighted by Crippen LogP contribution is -2.15. The zero-order valence-corrected chi connectivity index (χ0v) is 14.3. The van der Waals surface area contributed by atoms with E-state index < -0.39 is 10.0 Å². The van der Waals surface area contributed by atoms with Crippen LogP contribution in [-0.2, 0) is 10.0 Å². The Hall–Kier alpha value is -1.44. The van der Waals surface area contributed by atoms with Gasteiger partial charge in [-0.3, -0.25) is 4.72 Å². The Morgan fingerprint density at radius 2 is 1.90 bits per heavy atom. The van der Waals surface area contributed by atoms with Gasteiger partial charge in [-0.15, -0.1) is 0 Å². The van der Waals surface area contributed by atoms with Gasteiger partial charge >= 0.3 is 0 Å². The summed E-state index contributed by atoms with van der Waals surface area (Å²) in [7, 11) is -3.70. The summed E-state index contributed by atoms with van der Waals surface area (Å²) in [5, 5.41) is 0. The number of sulfonamides is 1. The largest absolute Gasteiger partial charge is 0.389 e. The number of nitrogens with one attached hydrogen (secondary N) is 1. The van der Waals surface area contributed by atoms with Crippen molar-refractivity contribution in [1.29, 1.82) is 0 Å². The minimum atomic E-state index is -3.70. The molecule has 110 valence electrons. The monoisotopic (exact) mass is 384 g/mol. The maximum atomic E-state index is 12.4. The Morgan fingerprint density at radius 3 is 2.57 bits per heavy atom. The van der Waals surface area contributed by atoms with E-state index in [4.69, 9.17) is 18.0 Å². The van der Waals surface area contributed by atoms with Gasteiger partial charge in [0.1, 0.15) is 4.99 Å². The molecule has 2 aromatic rings. The first kappa shape index (κ1) is 15.9. The van der Waals surface area contributed by atoms with Crippen LogP contribution < -0.4 is 10.5 Å². The molecule has 3 N–H and O–H groups in total. The van der Waals surface area contributed by atoms with Gasteiger partial charge in [-0.2, -0.15) is 0 Å². The Kier molecular flexibility index (Phi) is 4.65. The number of rotatable bonds is 4. The highest BCUT2D eigenvalue weighted by Gasteiger charge is 2.16. The minimum Gasteiger partial charge on any atom is -0.389 e. The van der Waals surface area contributed by atoms with Crippen molar-refractivity contribution in [3.05, 3.63) is 58.1 Å². The predicted molar refractivity (Wildman–Crippen MR) is 92.0 cm³/mol. The average molecular weight is 385 g/mol. The molecular weight excluding hydrogens is 372 g/mol. The van der Waals surface area contributed by atoms with Crippen LogP contribution >= 0.6 is 28.1 Å². The summed E-state index contributed by atoms with van der Waals surface area (Å²) in [6.45, 7) is 1.88. The van der Waals surface area contributed by atoms with Crippen molar-refractivity contribution in [3.8, 4) is 0 Å². The van der Waals surface area contributed by atoms with E-state index in [9.17, 15) is 8.42 Å². The second-order valence-electron chi connectivity index (χ2n) is 4.43. The molecular formula is C14H13BrN2O2S2. The molecule has 0 aromatic heterocycles. The van der Waals surface area contributed by atoms with Crippen LogP contribution in [0, 0.1) is 6.92 Å². The van der Waals surface area contributed by atoms with Crippen LogP contribution in [0.3, 0.4) is 0 Å². The van der Waals surface area contributed by atoms with Gasteiger partial charge in [0.05, 0.1) is 10.6 Å². The van der Waals surface area contributed by atoms with E-state index in [2.05, 4.69) is 20.7 Å². The molecule has 0 aliphatic rings. The second-order valence-corrected chi connectivity index (χ2v) is 7.35. The van der Waals surface area contributed by atoms with Gasteiger partial charge in [0.25, 0.3) is 10.0 Å². The van der Waals surface area contributed by atoms with Gasteiger partial charge in [-0.25, -0.2) is 8.42 Å². The summed E-state index contributed by atoms with van der Waals surface area (Å²) in [5.74, 6) is 0. The third-order valence-corrected chi connectivity index (χ3v) is 5.52. The minimum absolute atomic E-state index is 0.112. The Bertz CT molecular complexity index is 804. The van der Waals surface area contributed by atoms with Crippen molar-refractivity contribution in [1.82, 2.24) is 0 Å². The van der Waals surface area contributed by atoms with E-state index in [-0.39, 0.29) is 9.88 Å². The lowest BCUT2D eigenvalue weighted by Gasteiger charge is -2.11. The molecule has 0 saturated carbocycles. The maximum Gasteiger partial charge on any atom is 0.261 e. The average Bonchev–Trinajstić information content (AvgIpc) is 2.44. The summed E-state index contributed by atoms with van der Waals surface area (Å²) in [5.41, 5.74) is 7.46. The van der Waals surface area contributed by atoms with E-state index in [0.717, 1.165) is 5.56 Å². The van der Waals surface area contributed by atoms with E-state index in [1.165, 1.54) is 12.1 Å². The molecule has 0 aliphatic carbocycles. The molecule has 0 unspecified atom stereocenters. The smallest absolute Gasteiger partial charge is 0.261 e. The lowest BCUT2D eigenvalue weighted by atomic mass is 10.2. The van der Waals surface area contributed by atoms with E-state index in [0.29, 0.717) is 15.7 Å². The van der Waals surface area contributed by atoms with Crippen molar-refractivity contribution in [3.63, 3.8) is 0 Å². The molecule has 0 amide bonds. The van der Waals surface area contributed by atoms with Gasteiger partial charge in [-0.05, 0) is 46.6 Å². The maximum absolute atomic E-state index is 12.4. The Balaban J connectivity index is 2.41. The quantitative estimate of drug-likeness (QED) is 0.793. The second kappa shape index (κ2) is 6.13. The molecule has 4 nitrogen and oxygen atoms in total. The zero-order chi connectivity index (χ0) is 15.6. The van der Waals surface area contributed by atoms with Gasteiger partial charge in [-0.1, -0.05) is 36.5 Å². The molecule has 2 aromatic carbocycles. The van der Waals surface area contributed by atoms with Crippen LogP contribution in [-0.4, -0.2) is 13.4 Å². The predicted octanol–water partition coefficient (Wildman–Crippen LogP) is 3.19. The van der Waals surface area contributed by atoms with Crippen molar-refractivity contribution in [2.75, 3.05) is 4.72 Å². The van der Waals surface area contributed by atoms with Crippen LogP contribution in [0.4, 0.5) is 5.69 Å². The Morgan fingerprint density at radius 1 is 1.24 bits per heavy atom. The lowest BCUT2D eigenvalue weighted by molar-refractivity contribution is 0.601. The summed E-state index contributed by atoms with van der Waals surface area (Å²) >= 11 is 8.24. The molecule has 0 saturated heterocycles. The fourth-order valence-corrected chi connectivity index (χ4v) is 3.49. The number of aryl methyl sites for hydroxylation is 1. The summed E-state index contributed by atoms with van der Waals surface area (Å²) in [6, 6.07) is 11.6. The fraction of sp³-hybridized carbons (Fsp3) is 0.0714. The summed E-state index contributed by atoms with van der Waals surface area (Å²) in [4.78, 5) is 0.269. The van der Waals surface area contributed by atoms with Crippen LogP contribution in [0.25, 0.3) is 0 Å². The van der Waals surface area contributed by atoms with Crippen molar-refractivity contribution < 1.29 is 8.42 Å². The van der Waals surface area contributed by atoms with Gasteiger partial charge < -0.3 is 5.73 Å². The molecule has 0 atom stereocenters. The number of benzene rings is 2. The number of nitrogens with two attached hydrogens (primary N) is 1. The highest BCUT2D eigenvalue weighted by Crippen LogP contribution is 2.28. The van der Waals surface area contributed by atoms with E-state index >= 15 is 0 Å². The van der Waals surface area contributed by atoms with E-state index in [1.54, 1.807) is 24.3 Å². The first-order valence-electron chi connectivity index (χ1n) is 5.99. The van der Waals surface area contributed by atoms with Crippen molar-refractivity contribution in [2.45, 2.75) is 11.8 Å². The van der Waals surface area contributed by atoms with Gasteiger partial charge in [0.15, 0.2) is 0 Å². The summed E-state index contributed by atoms with van der Waals surface area (Å²) in [6.07, 6.45) is 0. The molecule has 0 heterocycles. The first-order valence-corrected chi connectivity index (χ1v) is 8.67. The SMILES string of the molecule is Cc1cccc(NS(=O)(=O)c2cccc(C(N)=S)c2)c1Br. The number of halogens is 1. The normalized spacial score (nSPS) is 11.1. The Labute approximate surface area is 137 Å². The number of thiocarbonyl (C=S) groups is 1. The highest BCUT2D eigenvalue weighted by molar-refractivity contribution is 9.10. The highest BCUT2D eigenvalue weighted by atomic mass is 79.9. The van der Waals surface area contributed by atoms with Gasteiger partial charge in [0.2, 0.25) is 0 Å². The topological polar surface area (TPSA) is 72.2 Å². The summed E-state index contributed by atoms with van der Waals surface area (Å²) < 4.78 is 28.1. The molecule has 0 bridgehead atoms. The first-order chi connectivity index (χ1) is 9.81. The van der Waals surface area contributed by atoms with Crippen molar-refractivity contribution >= 4 is 48.8 Å². The molecule has 0 radical (unpaired) electrons. The van der Waals surface area contributed by atoms with Crippen molar-refractivity contribution in [2.24, 2.45) is 5.73 Å². The molecule has 0 aliphatic heterocycles. The van der Waals surface area contributed by atoms with Crippen LogP contribution in [0.5, 0.6) is 0 Å². The van der Waals surface area contributed by atoms with Crippen LogP contribution in [0.15, 0.2) is 51.8 Å². The van der Waals surface area contributed by atoms with Crippen LogP contribution in [0.2, 0.25) is 0 Å². The zero-order valence-electron chi connectivity index (χ0n) is 11.1.